The number of halogens is 1. The van der Waals surface area contributed by atoms with E-state index in [0.717, 1.165) is 11.4 Å². The van der Waals surface area contributed by atoms with Crippen molar-refractivity contribution in [1.82, 2.24) is 9.78 Å². The molecule has 0 fully saturated rings. The van der Waals surface area contributed by atoms with Crippen LogP contribution < -0.4 is 5.73 Å². The van der Waals surface area contributed by atoms with Crippen molar-refractivity contribution >= 4 is 17.4 Å². The summed E-state index contributed by atoms with van der Waals surface area (Å²) < 4.78 is 1.63. The van der Waals surface area contributed by atoms with Crippen molar-refractivity contribution in [2.75, 3.05) is 0 Å². The van der Waals surface area contributed by atoms with Crippen LogP contribution in [-0.4, -0.2) is 15.6 Å². The molecular formula is C11H11ClN4. The summed E-state index contributed by atoms with van der Waals surface area (Å²) in [5.74, 6) is 0.0138. The second-order valence-electron chi connectivity index (χ2n) is 3.44. The summed E-state index contributed by atoms with van der Waals surface area (Å²) in [5, 5.41) is 12.3. The van der Waals surface area contributed by atoms with Crippen LogP contribution >= 0.6 is 11.6 Å². The van der Waals surface area contributed by atoms with Crippen LogP contribution in [0.3, 0.4) is 0 Å². The quantitative estimate of drug-likeness (QED) is 0.617. The normalized spacial score (nSPS) is 10.4. The van der Waals surface area contributed by atoms with E-state index in [1.807, 2.05) is 25.1 Å². The first-order valence-corrected chi connectivity index (χ1v) is 5.13. The van der Waals surface area contributed by atoms with Gasteiger partial charge in [0.2, 0.25) is 0 Å². The lowest BCUT2D eigenvalue weighted by atomic mass is 10.1. The Morgan fingerprint density at radius 3 is 2.69 bits per heavy atom. The fourth-order valence-electron chi connectivity index (χ4n) is 1.46. The van der Waals surface area contributed by atoms with Gasteiger partial charge in [-0.1, -0.05) is 23.7 Å². The second kappa shape index (κ2) is 3.98. The minimum Gasteiger partial charge on any atom is -0.384 e. The summed E-state index contributed by atoms with van der Waals surface area (Å²) in [4.78, 5) is 0. The van der Waals surface area contributed by atoms with E-state index < -0.39 is 0 Å². The summed E-state index contributed by atoms with van der Waals surface area (Å²) in [6.45, 7) is 1.83. The fraction of sp³-hybridized carbons (Fsp3) is 0.0909. The Kier molecular flexibility index (Phi) is 2.66. The van der Waals surface area contributed by atoms with Crippen molar-refractivity contribution in [2.45, 2.75) is 6.92 Å². The van der Waals surface area contributed by atoms with Crippen LogP contribution in [-0.2, 0) is 0 Å². The summed E-state index contributed by atoms with van der Waals surface area (Å²) in [5.41, 5.74) is 7.65. The molecule has 0 aliphatic heterocycles. The smallest absolute Gasteiger partial charge is 0.124 e. The molecule has 1 heterocycles. The molecule has 16 heavy (non-hydrogen) atoms. The number of benzene rings is 1. The van der Waals surface area contributed by atoms with Crippen LogP contribution in [0.5, 0.6) is 0 Å². The van der Waals surface area contributed by atoms with Gasteiger partial charge in [-0.15, -0.1) is 0 Å². The number of nitrogens with two attached hydrogens (primary N) is 1. The van der Waals surface area contributed by atoms with Gasteiger partial charge in [-0.25, -0.2) is 4.68 Å². The number of nitrogens with one attached hydrogen (secondary N) is 1. The molecule has 1 aromatic carbocycles. The summed E-state index contributed by atoms with van der Waals surface area (Å²) in [7, 11) is 0. The molecule has 5 heteroatoms. The first-order valence-electron chi connectivity index (χ1n) is 4.75. The molecule has 2 rings (SSSR count). The molecule has 0 radical (unpaired) electrons. The van der Waals surface area contributed by atoms with Gasteiger partial charge in [-0.2, -0.15) is 5.10 Å². The maximum Gasteiger partial charge on any atom is 0.124 e. The van der Waals surface area contributed by atoms with Crippen LogP contribution in [0, 0.1) is 12.3 Å². The van der Waals surface area contributed by atoms with E-state index >= 15 is 0 Å². The zero-order valence-corrected chi connectivity index (χ0v) is 9.49. The number of amidine groups is 1. The standard InChI is InChI=1S/C11H11ClN4/c1-7-9(12)6-16(15-7)10-5-3-2-4-8(10)11(13)14/h2-6H,1H3,(H3,13,14). The van der Waals surface area contributed by atoms with Crippen LogP contribution in [0.2, 0.25) is 5.02 Å². The molecule has 0 aliphatic carbocycles. The van der Waals surface area contributed by atoms with Gasteiger partial charge in [0.1, 0.15) is 5.84 Å². The Balaban J connectivity index is 2.59. The highest BCUT2D eigenvalue weighted by molar-refractivity contribution is 6.31. The minimum atomic E-state index is 0.0138. The molecule has 0 unspecified atom stereocenters. The third-order valence-corrected chi connectivity index (χ3v) is 2.65. The lowest BCUT2D eigenvalue weighted by Crippen LogP contribution is -2.14. The van der Waals surface area contributed by atoms with Crippen molar-refractivity contribution < 1.29 is 0 Å². The fourth-order valence-corrected chi connectivity index (χ4v) is 1.59. The second-order valence-corrected chi connectivity index (χ2v) is 3.85. The van der Waals surface area contributed by atoms with Crippen molar-refractivity contribution in [3.8, 4) is 5.69 Å². The number of aryl methyl sites for hydroxylation is 1. The van der Waals surface area contributed by atoms with E-state index in [1.54, 1.807) is 16.9 Å². The largest absolute Gasteiger partial charge is 0.384 e. The van der Waals surface area contributed by atoms with Crippen LogP contribution in [0.4, 0.5) is 0 Å². The van der Waals surface area contributed by atoms with Crippen molar-refractivity contribution in [3.63, 3.8) is 0 Å². The Morgan fingerprint density at radius 2 is 2.12 bits per heavy atom. The van der Waals surface area contributed by atoms with Crippen LogP contribution in [0.1, 0.15) is 11.3 Å². The Labute approximate surface area is 98.2 Å². The Morgan fingerprint density at radius 1 is 1.44 bits per heavy atom. The van der Waals surface area contributed by atoms with Gasteiger partial charge in [0.05, 0.1) is 16.4 Å². The molecule has 0 saturated heterocycles. The molecule has 0 spiro atoms. The zero-order valence-electron chi connectivity index (χ0n) is 8.74. The minimum absolute atomic E-state index is 0.0138. The molecule has 3 N–H and O–H groups in total. The average Bonchev–Trinajstić information content (AvgIpc) is 2.59. The van der Waals surface area contributed by atoms with Crippen LogP contribution in [0.25, 0.3) is 5.69 Å². The van der Waals surface area contributed by atoms with E-state index in [9.17, 15) is 0 Å². The number of hydrogen-bond acceptors (Lipinski definition) is 2. The van der Waals surface area contributed by atoms with Gasteiger partial charge < -0.3 is 5.73 Å². The lowest BCUT2D eigenvalue weighted by molar-refractivity contribution is 0.860. The molecule has 0 amide bonds. The van der Waals surface area contributed by atoms with Crippen LogP contribution in [0.15, 0.2) is 30.5 Å². The monoisotopic (exact) mass is 234 g/mol. The lowest BCUT2D eigenvalue weighted by Gasteiger charge is -2.07. The number of para-hydroxylation sites is 1. The zero-order chi connectivity index (χ0) is 11.7. The van der Waals surface area contributed by atoms with Gasteiger partial charge >= 0.3 is 0 Å². The van der Waals surface area contributed by atoms with Gasteiger partial charge in [-0.05, 0) is 19.1 Å². The number of nitrogen functional groups attached to an aromatic ring is 1. The average molecular weight is 235 g/mol. The number of hydrogen-bond donors (Lipinski definition) is 2. The highest BCUT2D eigenvalue weighted by atomic mass is 35.5. The topological polar surface area (TPSA) is 67.7 Å². The molecule has 0 atom stereocenters. The molecule has 0 saturated carbocycles. The van der Waals surface area contributed by atoms with Crippen molar-refractivity contribution in [1.29, 1.82) is 5.41 Å². The molecular weight excluding hydrogens is 224 g/mol. The number of nitrogens with zero attached hydrogens (tertiary/aromatic N) is 2. The van der Waals surface area contributed by atoms with Gasteiger partial charge in [0.15, 0.2) is 0 Å². The van der Waals surface area contributed by atoms with E-state index in [4.69, 9.17) is 22.7 Å². The van der Waals surface area contributed by atoms with Crippen molar-refractivity contribution in [3.05, 3.63) is 46.7 Å². The highest BCUT2D eigenvalue weighted by Crippen LogP contribution is 2.18. The third-order valence-electron chi connectivity index (χ3n) is 2.28. The van der Waals surface area contributed by atoms with E-state index in [-0.39, 0.29) is 5.84 Å². The Hall–Kier alpha value is -1.81. The molecule has 4 nitrogen and oxygen atoms in total. The molecule has 1 aromatic heterocycles. The summed E-state index contributed by atoms with van der Waals surface area (Å²) in [6.07, 6.45) is 1.71. The predicted molar refractivity (Wildman–Crippen MR) is 64.3 cm³/mol. The number of rotatable bonds is 2. The van der Waals surface area contributed by atoms with E-state index in [2.05, 4.69) is 5.10 Å². The van der Waals surface area contributed by atoms with Crippen molar-refractivity contribution in [2.24, 2.45) is 5.73 Å². The van der Waals surface area contributed by atoms with E-state index in [1.165, 1.54) is 0 Å². The summed E-state index contributed by atoms with van der Waals surface area (Å²) >= 11 is 5.94. The highest BCUT2D eigenvalue weighted by Gasteiger charge is 2.09. The maximum atomic E-state index is 7.49. The van der Waals surface area contributed by atoms with E-state index in [0.29, 0.717) is 10.6 Å². The SMILES string of the molecule is Cc1nn(-c2ccccc2C(=N)N)cc1Cl. The number of aromatic nitrogens is 2. The molecule has 82 valence electrons. The first kappa shape index (κ1) is 10.7. The maximum absolute atomic E-state index is 7.49. The first-order chi connectivity index (χ1) is 7.59. The third kappa shape index (κ3) is 1.79. The predicted octanol–water partition coefficient (Wildman–Crippen LogP) is 2.12. The Bertz CT molecular complexity index is 525. The van der Waals surface area contributed by atoms with Gasteiger partial charge in [-0.3, -0.25) is 5.41 Å². The molecule has 0 aliphatic rings. The molecule has 0 bridgehead atoms. The van der Waals surface area contributed by atoms with Gasteiger partial charge in [0, 0.05) is 11.8 Å². The molecule has 2 aromatic rings. The summed E-state index contributed by atoms with van der Waals surface area (Å²) in [6, 6.07) is 7.33. The van der Waals surface area contributed by atoms with Gasteiger partial charge in [0.25, 0.3) is 0 Å².